The molecule has 0 bridgehead atoms. The Morgan fingerprint density at radius 2 is 0.878 bits per heavy atom. The normalized spacial score (nSPS) is 10.8. The van der Waals surface area contributed by atoms with Crippen LogP contribution in [0.15, 0.2) is 116 Å². The van der Waals surface area contributed by atoms with Crippen LogP contribution in [0.3, 0.4) is 0 Å². The molecule has 4 aromatic carbocycles. The summed E-state index contributed by atoms with van der Waals surface area (Å²) in [7, 11) is 11.3. The SMILES string of the molecule is CC(=O)Cl.CCCn1c(=O)c2c(nc(OCCOc3cccc(CN(C)C)c3)n2Cc2ccc(Cl)cc2)n(C)c1=O.CCCn1c(=O)c2c(nc(OCCOc3cccc(CN(C)C)c3)n2Cc2ccc(Cl)cc2)n(C)c1=O.CCO.Cl. The zero-order valence-electron chi connectivity index (χ0n) is 48.1. The Labute approximate surface area is 497 Å². The van der Waals surface area contributed by atoms with Gasteiger partial charge in [-0.05, 0) is 130 Å². The number of aryl methyl sites for hydroxylation is 2. The third kappa shape index (κ3) is 19.1. The van der Waals surface area contributed by atoms with E-state index in [-0.39, 0.29) is 85.1 Å². The maximum atomic E-state index is 13.4. The van der Waals surface area contributed by atoms with E-state index in [0.717, 1.165) is 46.8 Å². The van der Waals surface area contributed by atoms with Gasteiger partial charge >= 0.3 is 11.4 Å². The monoisotopic (exact) mass is 1210 g/mol. The van der Waals surface area contributed by atoms with Gasteiger partial charge in [-0.1, -0.05) is 85.6 Å². The summed E-state index contributed by atoms with van der Waals surface area (Å²) in [6.07, 6.45) is 1.31. The van der Waals surface area contributed by atoms with Gasteiger partial charge in [0.2, 0.25) is 5.24 Å². The zero-order chi connectivity index (χ0) is 59.3. The Kier molecular flexibility index (Phi) is 27.4. The van der Waals surface area contributed by atoms with Crippen LogP contribution in [-0.2, 0) is 58.2 Å². The van der Waals surface area contributed by atoms with Gasteiger partial charge in [0, 0.05) is 63.9 Å². The van der Waals surface area contributed by atoms with Crippen LogP contribution < -0.4 is 41.4 Å². The fourth-order valence-electron chi connectivity index (χ4n) is 8.39. The Bertz CT molecular complexity index is 3340. The van der Waals surface area contributed by atoms with Crippen molar-refractivity contribution in [3.8, 4) is 23.5 Å². The maximum absolute atomic E-state index is 13.4. The molecular formula is C58H74Cl4N10O10. The number of aliphatic hydroxyl groups excluding tert-OH is 1. The Morgan fingerprint density at radius 1 is 0.549 bits per heavy atom. The summed E-state index contributed by atoms with van der Waals surface area (Å²) in [5.41, 5.74) is 3.76. The molecule has 0 radical (unpaired) electrons. The van der Waals surface area contributed by atoms with Crippen LogP contribution in [0, 0.1) is 0 Å². The molecule has 0 saturated heterocycles. The van der Waals surface area contributed by atoms with Crippen LogP contribution in [-0.4, -0.2) is 119 Å². The third-order valence-electron chi connectivity index (χ3n) is 11.8. The van der Waals surface area contributed by atoms with Crippen LogP contribution in [0.5, 0.6) is 23.5 Å². The summed E-state index contributed by atoms with van der Waals surface area (Å²) in [6, 6.07) is 31.0. The van der Waals surface area contributed by atoms with Gasteiger partial charge in [0.15, 0.2) is 22.3 Å². The second-order valence-electron chi connectivity index (χ2n) is 19.1. The summed E-state index contributed by atoms with van der Waals surface area (Å²) < 4.78 is 32.5. The van der Waals surface area contributed by atoms with E-state index in [4.69, 9.17) is 47.3 Å². The molecule has 0 fully saturated rings. The molecule has 4 heterocycles. The van der Waals surface area contributed by atoms with Crippen molar-refractivity contribution in [2.45, 2.75) is 79.8 Å². The molecule has 1 N–H and O–H groups in total. The van der Waals surface area contributed by atoms with Crippen molar-refractivity contribution >= 4 is 74.8 Å². The number of hydrogen-bond acceptors (Lipinski definition) is 14. The van der Waals surface area contributed by atoms with E-state index in [0.29, 0.717) is 60.1 Å². The minimum atomic E-state index is -0.400. The fraction of sp³-hybridized carbons (Fsp3) is 0.397. The number of halogens is 4. The summed E-state index contributed by atoms with van der Waals surface area (Å²) in [5, 5.41) is 8.45. The molecule has 0 aliphatic heterocycles. The third-order valence-corrected chi connectivity index (χ3v) is 12.3. The minimum Gasteiger partial charge on any atom is -0.490 e. The molecular weight excluding hydrogens is 1140 g/mol. The molecule has 0 aliphatic carbocycles. The highest BCUT2D eigenvalue weighted by atomic mass is 35.5. The largest absolute Gasteiger partial charge is 0.490 e. The van der Waals surface area contributed by atoms with E-state index >= 15 is 0 Å². The van der Waals surface area contributed by atoms with Crippen molar-refractivity contribution < 1.29 is 28.8 Å². The van der Waals surface area contributed by atoms with Crippen molar-refractivity contribution in [3.63, 3.8) is 0 Å². The van der Waals surface area contributed by atoms with Crippen LogP contribution in [0.4, 0.5) is 0 Å². The molecule has 8 aromatic rings. The van der Waals surface area contributed by atoms with Gasteiger partial charge < -0.3 is 33.9 Å². The fourth-order valence-corrected chi connectivity index (χ4v) is 8.64. The number of hydrogen-bond donors (Lipinski definition) is 1. The molecule has 24 heteroatoms. The summed E-state index contributed by atoms with van der Waals surface area (Å²) >= 11 is 16.7. The van der Waals surface area contributed by atoms with Crippen LogP contribution >= 0.6 is 47.2 Å². The molecule has 0 unspecified atom stereocenters. The number of benzene rings is 4. The number of aliphatic hydroxyl groups is 1. The number of fused-ring (bicyclic) bond motifs is 2. The van der Waals surface area contributed by atoms with E-state index < -0.39 is 11.4 Å². The Morgan fingerprint density at radius 3 is 1.20 bits per heavy atom. The summed E-state index contributed by atoms with van der Waals surface area (Å²) in [5.74, 6) is 1.50. The number of aromatic nitrogens is 8. The Hall–Kier alpha value is -6.91. The lowest BCUT2D eigenvalue weighted by Gasteiger charge is -2.13. The van der Waals surface area contributed by atoms with Gasteiger partial charge in [-0.2, -0.15) is 9.97 Å². The van der Waals surface area contributed by atoms with Crippen LogP contribution in [0.2, 0.25) is 10.0 Å². The average Bonchev–Trinajstić information content (AvgIpc) is 2.27. The summed E-state index contributed by atoms with van der Waals surface area (Å²) in [4.78, 5) is 74.9. The molecule has 82 heavy (non-hydrogen) atoms. The number of carbonyl (C=O) groups is 1. The average molecular weight is 1210 g/mol. The van der Waals surface area contributed by atoms with E-state index in [1.165, 1.54) is 25.2 Å². The second-order valence-corrected chi connectivity index (χ2v) is 20.5. The number of rotatable bonds is 22. The lowest BCUT2D eigenvalue weighted by molar-refractivity contribution is -0.109. The smallest absolute Gasteiger partial charge is 0.332 e. The van der Waals surface area contributed by atoms with E-state index in [9.17, 15) is 24.0 Å². The van der Waals surface area contributed by atoms with Crippen molar-refractivity contribution in [3.05, 3.63) is 171 Å². The summed E-state index contributed by atoms with van der Waals surface area (Å²) in [6.45, 7) is 11.0. The number of nitrogens with zero attached hydrogens (tertiary/aromatic N) is 10. The molecule has 8 rings (SSSR count). The van der Waals surface area contributed by atoms with Crippen LogP contribution in [0.1, 0.15) is 62.8 Å². The van der Waals surface area contributed by atoms with Gasteiger partial charge in [0.1, 0.15) is 37.9 Å². The maximum Gasteiger partial charge on any atom is 0.332 e. The highest BCUT2D eigenvalue weighted by Crippen LogP contribution is 2.24. The number of carbonyl (C=O) groups excluding carboxylic acids is 1. The Balaban J connectivity index is 0.000000313. The predicted molar refractivity (Wildman–Crippen MR) is 326 cm³/mol. The van der Waals surface area contributed by atoms with Crippen molar-refractivity contribution in [2.24, 2.45) is 14.1 Å². The topological polar surface area (TPSA) is 204 Å². The second kappa shape index (κ2) is 33.3. The molecule has 0 aliphatic rings. The quantitative estimate of drug-likeness (QED) is 0.0502. The number of ether oxygens (including phenoxy) is 4. The first-order chi connectivity index (χ1) is 38.7. The van der Waals surface area contributed by atoms with Crippen molar-refractivity contribution in [2.75, 3.05) is 61.2 Å². The predicted octanol–water partition coefficient (Wildman–Crippen LogP) is 8.25. The van der Waals surface area contributed by atoms with Gasteiger partial charge in [-0.15, -0.1) is 12.4 Å². The number of imidazole rings is 2. The van der Waals surface area contributed by atoms with Crippen molar-refractivity contribution in [1.82, 2.24) is 47.2 Å². The molecule has 444 valence electrons. The molecule has 0 amide bonds. The van der Waals surface area contributed by atoms with Gasteiger partial charge in [0.05, 0.1) is 13.1 Å². The standard InChI is InChI=1S/2C27H32ClN5O4.C2H3ClO.C2H6O.ClH/c2*1-5-13-32-25(34)23-24(31(4)27(32)35)29-26(33(23)18-19-9-11-21(28)12-10-19)37-15-14-36-22-8-6-7-20(16-22)17-30(2)3;1-2(3)4;1-2-3;/h2*6-12,16H,5,13-15,17-18H2,1-4H3;1H3;3H,2H2,1H3;1H. The van der Waals surface area contributed by atoms with Gasteiger partial charge in [0.25, 0.3) is 23.1 Å². The molecule has 0 saturated carbocycles. The van der Waals surface area contributed by atoms with E-state index in [1.54, 1.807) is 54.4 Å². The van der Waals surface area contributed by atoms with E-state index in [1.807, 2.05) is 103 Å². The lowest BCUT2D eigenvalue weighted by Crippen LogP contribution is -2.39. The van der Waals surface area contributed by atoms with Gasteiger partial charge in [-0.3, -0.25) is 41.8 Å². The first kappa shape index (κ1) is 67.6. The van der Waals surface area contributed by atoms with E-state index in [2.05, 4.69) is 43.5 Å². The minimum absolute atomic E-state index is 0. The first-order valence-electron chi connectivity index (χ1n) is 26.4. The van der Waals surface area contributed by atoms with Crippen LogP contribution in [0.25, 0.3) is 22.3 Å². The molecule has 0 atom stereocenters. The highest BCUT2D eigenvalue weighted by molar-refractivity contribution is 6.62. The van der Waals surface area contributed by atoms with Crippen molar-refractivity contribution in [1.29, 1.82) is 0 Å². The lowest BCUT2D eigenvalue weighted by atomic mass is 10.2. The molecule has 20 nitrogen and oxygen atoms in total. The molecule has 0 spiro atoms. The zero-order valence-corrected chi connectivity index (χ0v) is 51.2. The molecule has 4 aromatic heterocycles. The first-order valence-corrected chi connectivity index (χ1v) is 27.5. The highest BCUT2D eigenvalue weighted by Gasteiger charge is 2.23. The van der Waals surface area contributed by atoms with Gasteiger partial charge in [-0.25, -0.2) is 9.59 Å².